The molecule has 0 radical (unpaired) electrons. The predicted octanol–water partition coefficient (Wildman–Crippen LogP) is 1.94. The minimum Gasteiger partial charge on any atom is -0.274 e. The molecule has 0 bridgehead atoms. The van der Waals surface area contributed by atoms with Gasteiger partial charge in [0.25, 0.3) is 0 Å². The summed E-state index contributed by atoms with van der Waals surface area (Å²) in [4.78, 5) is 8.93. The summed E-state index contributed by atoms with van der Waals surface area (Å²) in [5, 5.41) is 4.40. The molecular weight excluding hydrogens is 250 g/mol. The first-order chi connectivity index (χ1) is 8.79. The zero-order chi connectivity index (χ0) is 12.5. The zero-order valence-electron chi connectivity index (χ0n) is 9.91. The summed E-state index contributed by atoms with van der Waals surface area (Å²) in [7, 11) is 1.89. The number of hydrogen-bond acceptors (Lipinski definition) is 3. The monoisotopic (exact) mass is 261 g/mol. The maximum absolute atomic E-state index is 5.83. The van der Waals surface area contributed by atoms with Gasteiger partial charge in [-0.05, 0) is 12.1 Å². The summed E-state index contributed by atoms with van der Waals surface area (Å²) in [5.41, 5.74) is 1.68. The van der Waals surface area contributed by atoms with Gasteiger partial charge in [0, 0.05) is 37.8 Å². The standard InChI is InChI=1S/C12H12ClN5/c1-17-8-5-11(16-17)18-10(4-6-13)15-9-3-2-7-14-12(9)18/h2-3,5,7-8H,4,6H2,1H3. The van der Waals surface area contributed by atoms with Gasteiger partial charge in [0.1, 0.15) is 11.3 Å². The molecule has 0 unspecified atom stereocenters. The van der Waals surface area contributed by atoms with Crippen LogP contribution in [0.15, 0.2) is 30.6 Å². The normalized spacial score (nSPS) is 11.2. The Labute approximate surface area is 109 Å². The molecule has 18 heavy (non-hydrogen) atoms. The summed E-state index contributed by atoms with van der Waals surface area (Å²) in [6.45, 7) is 0. The molecule has 0 fully saturated rings. The SMILES string of the molecule is Cn1ccc(-n2c(CCCl)nc3cccnc32)n1. The third-order valence-corrected chi connectivity index (χ3v) is 2.92. The van der Waals surface area contributed by atoms with Gasteiger partial charge in [-0.3, -0.25) is 9.25 Å². The molecule has 0 saturated heterocycles. The molecule has 5 nitrogen and oxygen atoms in total. The first-order valence-electron chi connectivity index (χ1n) is 5.68. The highest BCUT2D eigenvalue weighted by Crippen LogP contribution is 2.18. The van der Waals surface area contributed by atoms with Crippen molar-refractivity contribution >= 4 is 22.8 Å². The molecule has 0 aliphatic rings. The smallest absolute Gasteiger partial charge is 0.165 e. The molecule has 3 heterocycles. The van der Waals surface area contributed by atoms with Gasteiger partial charge < -0.3 is 0 Å². The van der Waals surface area contributed by atoms with E-state index in [0.29, 0.717) is 12.3 Å². The van der Waals surface area contributed by atoms with Crippen LogP contribution in [-0.4, -0.2) is 30.2 Å². The number of aryl methyl sites for hydroxylation is 2. The van der Waals surface area contributed by atoms with Gasteiger partial charge in [-0.1, -0.05) is 0 Å². The number of nitrogens with zero attached hydrogens (tertiary/aromatic N) is 5. The van der Waals surface area contributed by atoms with Crippen molar-refractivity contribution in [3.8, 4) is 5.82 Å². The largest absolute Gasteiger partial charge is 0.274 e. The molecule has 0 aliphatic carbocycles. The van der Waals surface area contributed by atoms with E-state index in [1.165, 1.54) is 0 Å². The fourth-order valence-electron chi connectivity index (χ4n) is 1.97. The van der Waals surface area contributed by atoms with Crippen molar-refractivity contribution in [2.75, 3.05) is 5.88 Å². The van der Waals surface area contributed by atoms with Gasteiger partial charge in [-0.2, -0.15) is 5.10 Å². The summed E-state index contributed by atoms with van der Waals surface area (Å²) in [6, 6.07) is 5.76. The van der Waals surface area contributed by atoms with Crippen molar-refractivity contribution in [1.82, 2.24) is 24.3 Å². The maximum Gasteiger partial charge on any atom is 0.165 e. The number of pyridine rings is 1. The first kappa shape index (κ1) is 11.2. The Kier molecular flexibility index (Phi) is 2.76. The number of alkyl halides is 1. The third kappa shape index (κ3) is 1.76. The van der Waals surface area contributed by atoms with Crippen LogP contribution >= 0.6 is 11.6 Å². The minimum atomic E-state index is 0.524. The van der Waals surface area contributed by atoms with Crippen LogP contribution in [0.4, 0.5) is 0 Å². The van der Waals surface area contributed by atoms with Gasteiger partial charge in [-0.25, -0.2) is 9.97 Å². The second-order valence-electron chi connectivity index (χ2n) is 4.00. The van der Waals surface area contributed by atoms with Gasteiger partial charge in [0.15, 0.2) is 11.5 Å². The lowest BCUT2D eigenvalue weighted by Gasteiger charge is -2.03. The van der Waals surface area contributed by atoms with Gasteiger partial charge in [-0.15, -0.1) is 11.6 Å². The Morgan fingerprint density at radius 2 is 2.22 bits per heavy atom. The van der Waals surface area contributed by atoms with E-state index in [2.05, 4.69) is 15.1 Å². The van der Waals surface area contributed by atoms with Crippen LogP contribution in [0.2, 0.25) is 0 Å². The average Bonchev–Trinajstić information content (AvgIpc) is 2.92. The third-order valence-electron chi connectivity index (χ3n) is 2.73. The number of halogens is 1. The molecule has 3 aromatic rings. The summed E-state index contributed by atoms with van der Waals surface area (Å²) >= 11 is 5.83. The van der Waals surface area contributed by atoms with Crippen LogP contribution in [-0.2, 0) is 13.5 Å². The van der Waals surface area contributed by atoms with E-state index in [0.717, 1.165) is 22.8 Å². The highest BCUT2D eigenvalue weighted by molar-refractivity contribution is 6.17. The Hall–Kier alpha value is -1.88. The van der Waals surface area contributed by atoms with E-state index in [-0.39, 0.29) is 0 Å². The van der Waals surface area contributed by atoms with Crippen LogP contribution in [0.3, 0.4) is 0 Å². The van der Waals surface area contributed by atoms with Crippen molar-refractivity contribution in [1.29, 1.82) is 0 Å². The molecule has 3 rings (SSSR count). The van der Waals surface area contributed by atoms with Crippen LogP contribution in [0, 0.1) is 0 Å². The van der Waals surface area contributed by atoms with Crippen molar-refractivity contribution in [3.05, 3.63) is 36.4 Å². The molecule has 0 N–H and O–H groups in total. The van der Waals surface area contributed by atoms with E-state index in [1.807, 2.05) is 36.0 Å². The molecule has 0 amide bonds. The van der Waals surface area contributed by atoms with Crippen LogP contribution in [0.1, 0.15) is 5.82 Å². The maximum atomic E-state index is 5.83. The van der Waals surface area contributed by atoms with Crippen molar-refractivity contribution in [3.63, 3.8) is 0 Å². The molecule has 0 saturated carbocycles. The lowest BCUT2D eigenvalue weighted by atomic mass is 10.4. The minimum absolute atomic E-state index is 0.524. The Bertz CT molecular complexity index is 685. The lowest BCUT2D eigenvalue weighted by Crippen LogP contribution is -2.04. The molecule has 0 aromatic carbocycles. The van der Waals surface area contributed by atoms with Crippen molar-refractivity contribution in [2.45, 2.75) is 6.42 Å². The molecule has 0 aliphatic heterocycles. The topological polar surface area (TPSA) is 48.5 Å². The Morgan fingerprint density at radius 3 is 2.94 bits per heavy atom. The van der Waals surface area contributed by atoms with Gasteiger partial charge in [0.2, 0.25) is 0 Å². The summed E-state index contributed by atoms with van der Waals surface area (Å²) in [6.07, 6.45) is 4.34. The average molecular weight is 262 g/mol. The Balaban J connectivity index is 2.27. The lowest BCUT2D eigenvalue weighted by molar-refractivity contribution is 0.745. The second-order valence-corrected chi connectivity index (χ2v) is 4.37. The molecule has 6 heteroatoms. The van der Waals surface area contributed by atoms with E-state index in [4.69, 9.17) is 11.6 Å². The highest BCUT2D eigenvalue weighted by atomic mass is 35.5. The number of rotatable bonds is 3. The predicted molar refractivity (Wildman–Crippen MR) is 70.1 cm³/mol. The Morgan fingerprint density at radius 1 is 1.33 bits per heavy atom. The van der Waals surface area contributed by atoms with E-state index >= 15 is 0 Å². The quantitative estimate of drug-likeness (QED) is 0.677. The van der Waals surface area contributed by atoms with E-state index in [9.17, 15) is 0 Å². The van der Waals surface area contributed by atoms with Gasteiger partial charge >= 0.3 is 0 Å². The van der Waals surface area contributed by atoms with E-state index in [1.54, 1.807) is 10.9 Å². The number of imidazole rings is 1. The van der Waals surface area contributed by atoms with Crippen molar-refractivity contribution < 1.29 is 0 Å². The van der Waals surface area contributed by atoms with E-state index < -0.39 is 0 Å². The van der Waals surface area contributed by atoms with Gasteiger partial charge in [0.05, 0.1) is 0 Å². The van der Waals surface area contributed by atoms with Crippen molar-refractivity contribution in [2.24, 2.45) is 7.05 Å². The molecule has 3 aromatic heterocycles. The molecule has 0 atom stereocenters. The second kappa shape index (κ2) is 4.42. The fourth-order valence-corrected chi connectivity index (χ4v) is 2.14. The number of hydrogen-bond donors (Lipinski definition) is 0. The first-order valence-corrected chi connectivity index (χ1v) is 6.21. The molecular formula is C12H12ClN5. The van der Waals surface area contributed by atoms with Crippen LogP contribution in [0.25, 0.3) is 17.0 Å². The van der Waals surface area contributed by atoms with Crippen LogP contribution in [0.5, 0.6) is 0 Å². The van der Waals surface area contributed by atoms with Crippen LogP contribution < -0.4 is 0 Å². The molecule has 92 valence electrons. The zero-order valence-corrected chi connectivity index (χ0v) is 10.7. The number of fused-ring (bicyclic) bond motifs is 1. The molecule has 0 spiro atoms. The fraction of sp³-hybridized carbons (Fsp3) is 0.250. The summed E-state index contributed by atoms with van der Waals surface area (Å²) < 4.78 is 3.71. The summed E-state index contributed by atoms with van der Waals surface area (Å²) in [5.74, 6) is 2.23. The number of aromatic nitrogens is 5. The highest BCUT2D eigenvalue weighted by Gasteiger charge is 2.14.